The summed E-state index contributed by atoms with van der Waals surface area (Å²) in [6, 6.07) is 0. The van der Waals surface area contributed by atoms with Crippen molar-refractivity contribution in [2.45, 2.75) is 41.0 Å². The van der Waals surface area contributed by atoms with Crippen LogP contribution in [-0.4, -0.2) is 13.3 Å². The minimum atomic E-state index is 0.270. The van der Waals surface area contributed by atoms with Crippen molar-refractivity contribution in [3.63, 3.8) is 0 Å². The number of hydrogen-bond acceptors (Lipinski definition) is 2. The summed E-state index contributed by atoms with van der Waals surface area (Å²) in [5, 5.41) is 3.87. The molecule has 1 unspecified atom stereocenters. The van der Waals surface area contributed by atoms with Gasteiger partial charge >= 0.3 is 0 Å². The molecule has 1 atom stereocenters. The third kappa shape index (κ3) is 5.67. The first kappa shape index (κ1) is 12.5. The zero-order valence-corrected chi connectivity index (χ0v) is 9.79. The van der Waals surface area contributed by atoms with E-state index < -0.39 is 0 Å². The molecule has 0 aromatic carbocycles. The van der Waals surface area contributed by atoms with Crippen LogP contribution in [0.15, 0.2) is 5.16 Å². The Morgan fingerprint density at radius 3 is 2.15 bits per heavy atom. The lowest BCUT2D eigenvalue weighted by atomic mass is 9.77. The summed E-state index contributed by atoms with van der Waals surface area (Å²) in [7, 11) is 1.59. The van der Waals surface area contributed by atoms with Gasteiger partial charge in [0.2, 0.25) is 0 Å². The Labute approximate surface area is 82.4 Å². The fourth-order valence-electron chi connectivity index (χ4n) is 1.28. The molecule has 0 aliphatic carbocycles. The molecule has 0 aromatic heterocycles. The van der Waals surface area contributed by atoms with Gasteiger partial charge in [0.15, 0.2) is 0 Å². The third-order valence-electron chi connectivity index (χ3n) is 2.18. The van der Waals surface area contributed by atoms with E-state index in [2.05, 4.69) is 39.8 Å². The predicted molar refractivity (Wildman–Crippen MR) is 57.9 cm³/mol. The van der Waals surface area contributed by atoms with Gasteiger partial charge in [0.25, 0.3) is 0 Å². The van der Waals surface area contributed by atoms with E-state index in [0.717, 1.165) is 6.42 Å². The maximum Gasteiger partial charge on any atom is 0.106 e. The van der Waals surface area contributed by atoms with Gasteiger partial charge in [-0.25, -0.2) is 0 Å². The smallest absolute Gasteiger partial charge is 0.106 e. The molecule has 0 amide bonds. The van der Waals surface area contributed by atoms with Crippen LogP contribution in [0.1, 0.15) is 41.0 Å². The van der Waals surface area contributed by atoms with Crippen LogP contribution >= 0.6 is 0 Å². The third-order valence-corrected chi connectivity index (χ3v) is 2.18. The lowest BCUT2D eigenvalue weighted by Crippen LogP contribution is -2.23. The van der Waals surface area contributed by atoms with Crippen LogP contribution in [-0.2, 0) is 4.84 Å². The van der Waals surface area contributed by atoms with Crippen LogP contribution in [0.5, 0.6) is 0 Å². The molecule has 0 spiro atoms. The molecule has 78 valence electrons. The summed E-state index contributed by atoms with van der Waals surface area (Å²) in [6.45, 7) is 11.2. The van der Waals surface area contributed by atoms with Crippen molar-refractivity contribution in [2.75, 3.05) is 7.11 Å². The minimum Gasteiger partial charge on any atom is -0.399 e. The first-order valence-electron chi connectivity index (χ1n) is 4.94. The molecule has 0 heterocycles. The molecule has 0 fully saturated rings. The molecule has 0 saturated heterocycles. The molecule has 2 nitrogen and oxygen atoms in total. The van der Waals surface area contributed by atoms with E-state index in [1.165, 1.54) is 0 Å². The fraction of sp³-hybridized carbons (Fsp3) is 0.909. The van der Waals surface area contributed by atoms with E-state index in [0.29, 0.717) is 11.8 Å². The van der Waals surface area contributed by atoms with Gasteiger partial charge in [0.05, 0.1) is 0 Å². The first-order valence-corrected chi connectivity index (χ1v) is 4.94. The summed E-state index contributed by atoms with van der Waals surface area (Å²) < 4.78 is 0. The van der Waals surface area contributed by atoms with Crippen molar-refractivity contribution in [2.24, 2.45) is 22.4 Å². The molecule has 0 aromatic rings. The Hall–Kier alpha value is -0.530. The maximum absolute atomic E-state index is 4.72. The molecule has 0 aliphatic rings. The molecule has 2 heteroatoms. The fourth-order valence-corrected chi connectivity index (χ4v) is 1.28. The van der Waals surface area contributed by atoms with Crippen molar-refractivity contribution in [1.82, 2.24) is 0 Å². The van der Waals surface area contributed by atoms with Crippen molar-refractivity contribution in [3.8, 4) is 0 Å². The number of oxime groups is 1. The van der Waals surface area contributed by atoms with Crippen LogP contribution in [0.3, 0.4) is 0 Å². The van der Waals surface area contributed by atoms with E-state index in [-0.39, 0.29) is 5.41 Å². The Morgan fingerprint density at radius 1 is 1.31 bits per heavy atom. The Balaban J connectivity index is 4.28. The lowest BCUT2D eigenvalue weighted by molar-refractivity contribution is 0.205. The lowest BCUT2D eigenvalue weighted by Gasteiger charge is -2.28. The van der Waals surface area contributed by atoms with Gasteiger partial charge in [-0.2, -0.15) is 0 Å². The highest BCUT2D eigenvalue weighted by Gasteiger charge is 2.23. The summed E-state index contributed by atoms with van der Waals surface area (Å²) in [5.74, 6) is 1.19. The summed E-state index contributed by atoms with van der Waals surface area (Å²) in [5.41, 5.74) is 0.270. The number of hydrogen-bond donors (Lipinski definition) is 0. The van der Waals surface area contributed by atoms with Gasteiger partial charge in [-0.15, -0.1) is 0 Å². The minimum absolute atomic E-state index is 0.270. The van der Waals surface area contributed by atoms with E-state index in [1.54, 1.807) is 7.11 Å². The number of rotatable bonds is 4. The van der Waals surface area contributed by atoms with Crippen molar-refractivity contribution < 1.29 is 4.84 Å². The van der Waals surface area contributed by atoms with Crippen molar-refractivity contribution in [3.05, 3.63) is 0 Å². The summed E-state index contributed by atoms with van der Waals surface area (Å²) in [4.78, 5) is 4.72. The van der Waals surface area contributed by atoms with Crippen molar-refractivity contribution in [1.29, 1.82) is 0 Å². The van der Waals surface area contributed by atoms with Crippen LogP contribution in [0.2, 0.25) is 0 Å². The van der Waals surface area contributed by atoms with E-state index in [9.17, 15) is 0 Å². The van der Waals surface area contributed by atoms with E-state index in [1.807, 2.05) is 6.21 Å². The maximum atomic E-state index is 4.72. The molecule has 0 radical (unpaired) electrons. The molecule has 0 N–H and O–H groups in total. The second-order valence-electron chi connectivity index (χ2n) is 5.04. The monoisotopic (exact) mass is 185 g/mol. The molecule has 0 aliphatic heterocycles. The summed E-state index contributed by atoms with van der Waals surface area (Å²) >= 11 is 0. The van der Waals surface area contributed by atoms with Gasteiger partial charge in [-0.1, -0.05) is 39.8 Å². The molecular formula is C11H23NO. The average Bonchev–Trinajstić information content (AvgIpc) is 1.95. The standard InChI is InChI=1S/C11H23NO/c1-9(2)7-10(8-12-13-6)11(3,4)5/h8-10H,7H2,1-6H3/b12-8+. The highest BCUT2D eigenvalue weighted by molar-refractivity contribution is 5.61. The Bertz CT molecular complexity index is 156. The second-order valence-corrected chi connectivity index (χ2v) is 5.04. The van der Waals surface area contributed by atoms with E-state index in [4.69, 9.17) is 4.84 Å². The molecular weight excluding hydrogens is 162 g/mol. The average molecular weight is 185 g/mol. The molecule has 0 bridgehead atoms. The van der Waals surface area contributed by atoms with Crippen LogP contribution in [0.4, 0.5) is 0 Å². The quantitative estimate of drug-likeness (QED) is 0.486. The second kappa shape index (κ2) is 5.25. The Kier molecular flexibility index (Phi) is 5.04. The molecule has 0 saturated carbocycles. The normalized spacial score (nSPS) is 15.3. The predicted octanol–water partition coefficient (Wildman–Crippen LogP) is 3.33. The van der Waals surface area contributed by atoms with Crippen molar-refractivity contribution >= 4 is 6.21 Å². The van der Waals surface area contributed by atoms with Crippen LogP contribution in [0.25, 0.3) is 0 Å². The number of nitrogens with zero attached hydrogens (tertiary/aromatic N) is 1. The van der Waals surface area contributed by atoms with Gasteiger partial charge in [-0.3, -0.25) is 0 Å². The van der Waals surface area contributed by atoms with E-state index >= 15 is 0 Å². The van der Waals surface area contributed by atoms with Gasteiger partial charge in [-0.05, 0) is 17.8 Å². The van der Waals surface area contributed by atoms with Crippen LogP contribution < -0.4 is 0 Å². The molecule has 0 rings (SSSR count). The zero-order valence-electron chi connectivity index (χ0n) is 9.79. The highest BCUT2D eigenvalue weighted by atomic mass is 16.6. The Morgan fingerprint density at radius 2 is 1.85 bits per heavy atom. The van der Waals surface area contributed by atoms with Gasteiger partial charge in [0.1, 0.15) is 7.11 Å². The summed E-state index contributed by atoms with van der Waals surface area (Å²) in [6.07, 6.45) is 3.09. The first-order chi connectivity index (χ1) is 5.88. The molecule has 13 heavy (non-hydrogen) atoms. The zero-order chi connectivity index (χ0) is 10.5. The topological polar surface area (TPSA) is 21.6 Å². The SMILES string of the molecule is CO/N=C/C(CC(C)C)C(C)(C)C. The van der Waals surface area contributed by atoms with Gasteiger partial charge < -0.3 is 4.84 Å². The van der Waals surface area contributed by atoms with Gasteiger partial charge in [0, 0.05) is 12.1 Å². The van der Waals surface area contributed by atoms with Crippen LogP contribution in [0, 0.1) is 17.3 Å². The largest absolute Gasteiger partial charge is 0.399 e. The highest BCUT2D eigenvalue weighted by Crippen LogP contribution is 2.29.